The molecule has 1 aliphatic rings. The van der Waals surface area contributed by atoms with E-state index in [1.165, 1.54) is 11.1 Å². The number of rotatable bonds is 3. The van der Waals surface area contributed by atoms with Crippen LogP contribution in [0.3, 0.4) is 0 Å². The van der Waals surface area contributed by atoms with E-state index < -0.39 is 6.04 Å². The number of carbonyl (C=O) groups excluding carboxylic acids is 2. The van der Waals surface area contributed by atoms with Gasteiger partial charge < -0.3 is 5.32 Å². The van der Waals surface area contributed by atoms with Crippen LogP contribution in [0.5, 0.6) is 0 Å². The van der Waals surface area contributed by atoms with Gasteiger partial charge in [-0.25, -0.2) is 4.98 Å². The van der Waals surface area contributed by atoms with Crippen LogP contribution in [0.4, 0.5) is 11.4 Å². The molecule has 0 spiro atoms. The molecule has 0 radical (unpaired) electrons. The molecule has 1 atom stereocenters. The first-order chi connectivity index (χ1) is 11.5. The molecule has 1 N–H and O–H groups in total. The highest BCUT2D eigenvalue weighted by molar-refractivity contribution is 6.31. The van der Waals surface area contributed by atoms with E-state index in [0.29, 0.717) is 33.5 Å². The highest BCUT2D eigenvalue weighted by Crippen LogP contribution is 2.36. The molecule has 3 rings (SSSR count). The Morgan fingerprint density at radius 1 is 1.29 bits per heavy atom. The molecular formula is C17H15Cl2N3O2. The van der Waals surface area contributed by atoms with E-state index in [4.69, 9.17) is 23.2 Å². The molecule has 2 heterocycles. The number of aromatic nitrogens is 1. The van der Waals surface area contributed by atoms with Gasteiger partial charge in [0.2, 0.25) is 5.91 Å². The van der Waals surface area contributed by atoms with Crippen LogP contribution in [-0.4, -0.2) is 22.8 Å². The lowest BCUT2D eigenvalue weighted by atomic mass is 10.0. The van der Waals surface area contributed by atoms with Crippen LogP contribution in [0, 0.1) is 0 Å². The highest BCUT2D eigenvalue weighted by Gasteiger charge is 2.36. The van der Waals surface area contributed by atoms with Crippen LogP contribution >= 0.6 is 23.2 Å². The number of hydrogen-bond donors (Lipinski definition) is 1. The number of hydrogen-bond acceptors (Lipinski definition) is 3. The van der Waals surface area contributed by atoms with Gasteiger partial charge in [0.15, 0.2) is 0 Å². The minimum Gasteiger partial charge on any atom is -0.322 e. The largest absolute Gasteiger partial charge is 0.322 e. The number of fused-ring (bicyclic) bond motifs is 1. The standard InChI is InChI=1S/C17H15Cl2N3O2/c1-2-3-13-16(23)21-12-6-5-11(18)8-14(12)22(13)17(24)10-4-7-15(19)20-9-10/h4-9,13H,2-3H2,1H3,(H,21,23)/t13-/m0/s1. The number of nitrogens with zero attached hydrogens (tertiary/aromatic N) is 2. The third-order valence-corrected chi connectivity index (χ3v) is 4.31. The Hall–Kier alpha value is -2.11. The molecule has 1 aromatic heterocycles. The summed E-state index contributed by atoms with van der Waals surface area (Å²) in [4.78, 5) is 30.9. The average molecular weight is 364 g/mol. The first-order valence-corrected chi connectivity index (χ1v) is 8.32. The Morgan fingerprint density at radius 2 is 2.08 bits per heavy atom. The lowest BCUT2D eigenvalue weighted by Gasteiger charge is -2.36. The van der Waals surface area contributed by atoms with Crippen LogP contribution < -0.4 is 10.2 Å². The smallest absolute Gasteiger partial charge is 0.260 e. The summed E-state index contributed by atoms with van der Waals surface area (Å²) >= 11 is 11.9. The van der Waals surface area contributed by atoms with Gasteiger partial charge in [-0.2, -0.15) is 0 Å². The monoisotopic (exact) mass is 363 g/mol. The Balaban J connectivity index is 2.09. The number of halogens is 2. The average Bonchev–Trinajstić information content (AvgIpc) is 2.56. The van der Waals surface area contributed by atoms with Crippen molar-refractivity contribution in [2.24, 2.45) is 0 Å². The minimum atomic E-state index is -0.593. The fraction of sp³-hybridized carbons (Fsp3) is 0.235. The van der Waals surface area contributed by atoms with Crippen molar-refractivity contribution in [1.29, 1.82) is 0 Å². The van der Waals surface area contributed by atoms with Gasteiger partial charge in [-0.15, -0.1) is 0 Å². The second kappa shape index (κ2) is 6.79. The van der Waals surface area contributed by atoms with Gasteiger partial charge in [0.1, 0.15) is 11.2 Å². The number of benzene rings is 1. The quantitative estimate of drug-likeness (QED) is 0.832. The molecule has 1 aromatic carbocycles. The number of anilines is 2. The van der Waals surface area contributed by atoms with Crippen molar-refractivity contribution in [2.45, 2.75) is 25.8 Å². The van der Waals surface area contributed by atoms with Crippen LogP contribution in [0.15, 0.2) is 36.5 Å². The topological polar surface area (TPSA) is 62.3 Å². The van der Waals surface area contributed by atoms with Gasteiger partial charge in [-0.05, 0) is 36.8 Å². The summed E-state index contributed by atoms with van der Waals surface area (Å²) in [5.74, 6) is -0.516. The van der Waals surface area contributed by atoms with Gasteiger partial charge in [0.05, 0.1) is 16.9 Å². The number of pyridine rings is 1. The van der Waals surface area contributed by atoms with Crippen molar-refractivity contribution in [3.63, 3.8) is 0 Å². The maximum Gasteiger partial charge on any atom is 0.260 e. The summed E-state index contributed by atoms with van der Waals surface area (Å²) in [6.07, 6.45) is 2.71. The summed E-state index contributed by atoms with van der Waals surface area (Å²) < 4.78 is 0. The fourth-order valence-corrected chi connectivity index (χ4v) is 3.02. The van der Waals surface area contributed by atoms with E-state index in [1.54, 1.807) is 30.3 Å². The highest BCUT2D eigenvalue weighted by atomic mass is 35.5. The van der Waals surface area contributed by atoms with Crippen molar-refractivity contribution in [1.82, 2.24) is 4.98 Å². The summed E-state index contributed by atoms with van der Waals surface area (Å²) in [5.41, 5.74) is 1.51. The lowest BCUT2D eigenvalue weighted by Crippen LogP contribution is -2.51. The van der Waals surface area contributed by atoms with Crippen molar-refractivity contribution in [3.05, 3.63) is 52.3 Å². The molecule has 0 unspecified atom stereocenters. The minimum absolute atomic E-state index is 0.207. The molecule has 1 aliphatic heterocycles. The van der Waals surface area contributed by atoms with Crippen molar-refractivity contribution in [3.8, 4) is 0 Å². The maximum absolute atomic E-state index is 13.0. The van der Waals surface area contributed by atoms with Gasteiger partial charge in [0.25, 0.3) is 5.91 Å². The van der Waals surface area contributed by atoms with Crippen LogP contribution in [0.25, 0.3) is 0 Å². The zero-order valence-corrected chi connectivity index (χ0v) is 14.4. The van der Waals surface area contributed by atoms with Gasteiger partial charge in [-0.3, -0.25) is 14.5 Å². The van der Waals surface area contributed by atoms with Crippen molar-refractivity contribution >= 4 is 46.4 Å². The van der Waals surface area contributed by atoms with E-state index >= 15 is 0 Å². The van der Waals surface area contributed by atoms with Crippen molar-refractivity contribution < 1.29 is 9.59 Å². The van der Waals surface area contributed by atoms with Crippen LogP contribution in [0.1, 0.15) is 30.1 Å². The third kappa shape index (κ3) is 3.09. The molecule has 0 saturated carbocycles. The van der Waals surface area contributed by atoms with Gasteiger partial charge >= 0.3 is 0 Å². The van der Waals surface area contributed by atoms with E-state index in [0.717, 1.165) is 6.42 Å². The maximum atomic E-state index is 13.0. The predicted molar refractivity (Wildman–Crippen MR) is 94.8 cm³/mol. The second-order valence-corrected chi connectivity index (χ2v) is 6.32. The Bertz CT molecular complexity index is 793. The molecule has 124 valence electrons. The molecular weight excluding hydrogens is 349 g/mol. The lowest BCUT2D eigenvalue weighted by molar-refractivity contribution is -0.117. The first-order valence-electron chi connectivity index (χ1n) is 7.56. The summed E-state index contributed by atoms with van der Waals surface area (Å²) in [7, 11) is 0. The molecule has 0 fully saturated rings. The second-order valence-electron chi connectivity index (χ2n) is 5.50. The van der Waals surface area contributed by atoms with E-state index in [-0.39, 0.29) is 11.8 Å². The van der Waals surface area contributed by atoms with Gasteiger partial charge in [-0.1, -0.05) is 36.5 Å². The fourth-order valence-electron chi connectivity index (χ4n) is 2.74. The van der Waals surface area contributed by atoms with Crippen molar-refractivity contribution in [2.75, 3.05) is 10.2 Å². The van der Waals surface area contributed by atoms with Crippen LogP contribution in [0.2, 0.25) is 10.2 Å². The molecule has 0 saturated heterocycles. The Kier molecular flexibility index (Phi) is 4.73. The molecule has 2 amide bonds. The summed E-state index contributed by atoms with van der Waals surface area (Å²) in [5, 5.41) is 3.63. The number of carbonyl (C=O) groups is 2. The predicted octanol–water partition coefficient (Wildman–Crippen LogP) is 4.16. The molecule has 2 aromatic rings. The normalized spacial score (nSPS) is 16.5. The summed E-state index contributed by atoms with van der Waals surface area (Å²) in [6, 6.07) is 7.60. The van der Waals surface area contributed by atoms with E-state index in [2.05, 4.69) is 10.3 Å². The van der Waals surface area contributed by atoms with Crippen LogP contribution in [-0.2, 0) is 4.79 Å². The molecule has 0 aliphatic carbocycles. The molecule has 24 heavy (non-hydrogen) atoms. The molecule has 0 bridgehead atoms. The Labute approximate surface area is 149 Å². The first kappa shape index (κ1) is 16.7. The SMILES string of the molecule is CCC[C@H]1C(=O)Nc2ccc(Cl)cc2N1C(=O)c1ccc(Cl)nc1. The zero-order chi connectivity index (χ0) is 17.3. The molecule has 7 heteroatoms. The number of amides is 2. The van der Waals surface area contributed by atoms with Gasteiger partial charge in [0, 0.05) is 11.2 Å². The number of nitrogens with one attached hydrogen (secondary N) is 1. The Morgan fingerprint density at radius 3 is 2.75 bits per heavy atom. The zero-order valence-electron chi connectivity index (χ0n) is 12.9. The third-order valence-electron chi connectivity index (χ3n) is 3.85. The van der Waals surface area contributed by atoms with E-state index in [9.17, 15) is 9.59 Å². The summed E-state index contributed by atoms with van der Waals surface area (Å²) in [6.45, 7) is 1.97. The van der Waals surface area contributed by atoms with E-state index in [1.807, 2.05) is 6.92 Å². The molecule has 5 nitrogen and oxygen atoms in total.